The minimum Gasteiger partial charge on any atom is -0.480 e. The summed E-state index contributed by atoms with van der Waals surface area (Å²) in [7, 11) is 0. The van der Waals surface area contributed by atoms with E-state index < -0.39 is 33.2 Å². The molecular formula is C11H14N4O6. The topological polar surface area (TPSA) is 148 Å². The first kappa shape index (κ1) is 16.3. The average Bonchev–Trinajstić information content (AvgIpc) is 2.43. The highest BCUT2D eigenvalue weighted by atomic mass is 16.6. The van der Waals surface area contributed by atoms with Crippen LogP contribution in [0.5, 0.6) is 0 Å². The summed E-state index contributed by atoms with van der Waals surface area (Å²) in [5, 5.41) is 33.2. The van der Waals surface area contributed by atoms with Gasteiger partial charge in [-0.3, -0.25) is 20.2 Å². The third kappa shape index (κ3) is 3.84. The Bertz CT molecular complexity index is 576. The second kappa shape index (κ2) is 6.59. The van der Waals surface area contributed by atoms with Crippen LogP contribution in [0.2, 0.25) is 0 Å². The van der Waals surface area contributed by atoms with E-state index in [4.69, 9.17) is 5.11 Å². The van der Waals surface area contributed by atoms with Crippen molar-refractivity contribution in [2.24, 2.45) is 5.92 Å². The van der Waals surface area contributed by atoms with E-state index in [9.17, 15) is 25.0 Å². The fraction of sp³-hybridized carbons (Fsp3) is 0.455. The molecule has 0 bridgehead atoms. The summed E-state index contributed by atoms with van der Waals surface area (Å²) < 4.78 is 0. The van der Waals surface area contributed by atoms with Crippen LogP contribution in [0.3, 0.4) is 0 Å². The summed E-state index contributed by atoms with van der Waals surface area (Å²) in [5.74, 6) is -1.80. The molecule has 0 fully saturated rings. The maximum absolute atomic E-state index is 11.2. The van der Waals surface area contributed by atoms with Gasteiger partial charge in [0.15, 0.2) is 0 Å². The highest BCUT2D eigenvalue weighted by Crippen LogP contribution is 2.27. The molecule has 1 aromatic heterocycles. The Morgan fingerprint density at radius 2 is 2.05 bits per heavy atom. The van der Waals surface area contributed by atoms with Gasteiger partial charge in [-0.25, -0.2) is 9.78 Å². The number of aliphatic carboxylic acids is 1. The Balaban J connectivity index is 3.20. The van der Waals surface area contributed by atoms with E-state index in [1.165, 1.54) is 0 Å². The van der Waals surface area contributed by atoms with Gasteiger partial charge in [-0.05, 0) is 5.92 Å². The first-order valence-electron chi connectivity index (χ1n) is 6.06. The molecule has 0 amide bonds. The van der Waals surface area contributed by atoms with Gasteiger partial charge in [0, 0.05) is 0 Å². The lowest BCUT2D eigenvalue weighted by molar-refractivity contribution is -0.394. The smallest absolute Gasteiger partial charge is 0.326 e. The lowest BCUT2D eigenvalue weighted by Gasteiger charge is -2.20. The van der Waals surface area contributed by atoms with Crippen molar-refractivity contribution < 1.29 is 19.7 Å². The van der Waals surface area contributed by atoms with Gasteiger partial charge in [0.1, 0.15) is 12.2 Å². The van der Waals surface area contributed by atoms with E-state index in [1.54, 1.807) is 13.8 Å². The van der Waals surface area contributed by atoms with Gasteiger partial charge in [-0.1, -0.05) is 20.3 Å². The Kier molecular flexibility index (Phi) is 5.11. The SMILES string of the molecule is CCC(C)[C@@H](Nc1ncc([N+](=O)[O-])cc1[N+](=O)[O-])C(=O)O. The Hall–Kier alpha value is -2.78. The van der Waals surface area contributed by atoms with Crippen molar-refractivity contribution in [1.29, 1.82) is 0 Å². The lowest BCUT2D eigenvalue weighted by atomic mass is 9.99. The van der Waals surface area contributed by atoms with Gasteiger partial charge < -0.3 is 10.4 Å². The Morgan fingerprint density at radius 1 is 1.43 bits per heavy atom. The number of pyridine rings is 1. The van der Waals surface area contributed by atoms with Crippen LogP contribution < -0.4 is 5.32 Å². The van der Waals surface area contributed by atoms with E-state index in [-0.39, 0.29) is 11.7 Å². The molecule has 114 valence electrons. The molecule has 0 spiro atoms. The first-order chi connectivity index (χ1) is 9.77. The van der Waals surface area contributed by atoms with E-state index >= 15 is 0 Å². The van der Waals surface area contributed by atoms with Gasteiger partial charge in [-0.2, -0.15) is 0 Å². The molecule has 0 aliphatic heterocycles. The number of rotatable bonds is 7. The van der Waals surface area contributed by atoms with Crippen molar-refractivity contribution in [2.75, 3.05) is 5.32 Å². The minimum atomic E-state index is -1.18. The molecule has 10 nitrogen and oxygen atoms in total. The molecule has 0 saturated heterocycles. The molecule has 1 heterocycles. The molecule has 0 aromatic carbocycles. The van der Waals surface area contributed by atoms with Crippen molar-refractivity contribution in [3.63, 3.8) is 0 Å². The van der Waals surface area contributed by atoms with Crippen molar-refractivity contribution in [1.82, 2.24) is 4.98 Å². The van der Waals surface area contributed by atoms with Crippen molar-refractivity contribution >= 4 is 23.2 Å². The summed E-state index contributed by atoms with van der Waals surface area (Å²) in [4.78, 5) is 34.7. The molecule has 21 heavy (non-hydrogen) atoms. The molecule has 1 aromatic rings. The van der Waals surface area contributed by atoms with Crippen molar-refractivity contribution in [2.45, 2.75) is 26.3 Å². The summed E-state index contributed by atoms with van der Waals surface area (Å²) in [6, 6.07) is -0.340. The molecule has 2 atom stereocenters. The van der Waals surface area contributed by atoms with Crippen molar-refractivity contribution in [3.05, 3.63) is 32.5 Å². The third-order valence-corrected chi connectivity index (χ3v) is 3.03. The predicted octanol–water partition coefficient (Wildman–Crippen LogP) is 1.81. The van der Waals surface area contributed by atoms with Crippen LogP contribution in [-0.4, -0.2) is 31.9 Å². The highest BCUT2D eigenvalue weighted by Gasteiger charge is 2.28. The number of carboxylic acid groups (broad SMARTS) is 1. The number of anilines is 1. The van der Waals surface area contributed by atoms with E-state index in [2.05, 4.69) is 10.3 Å². The van der Waals surface area contributed by atoms with Crippen LogP contribution in [0.4, 0.5) is 17.2 Å². The normalized spacial score (nSPS) is 13.2. The van der Waals surface area contributed by atoms with Crippen LogP contribution in [0.15, 0.2) is 12.3 Å². The molecule has 0 aliphatic carbocycles. The van der Waals surface area contributed by atoms with E-state index in [0.717, 1.165) is 12.3 Å². The second-order valence-electron chi connectivity index (χ2n) is 4.42. The fourth-order valence-corrected chi connectivity index (χ4v) is 1.62. The summed E-state index contributed by atoms with van der Waals surface area (Å²) >= 11 is 0. The maximum Gasteiger partial charge on any atom is 0.326 e. The summed E-state index contributed by atoms with van der Waals surface area (Å²) in [6.07, 6.45) is 1.37. The zero-order valence-electron chi connectivity index (χ0n) is 11.3. The molecule has 2 N–H and O–H groups in total. The van der Waals surface area contributed by atoms with Crippen molar-refractivity contribution in [3.8, 4) is 0 Å². The molecule has 0 radical (unpaired) electrons. The number of nitro groups is 2. The number of hydrogen-bond donors (Lipinski definition) is 2. The second-order valence-corrected chi connectivity index (χ2v) is 4.42. The van der Waals surface area contributed by atoms with Gasteiger partial charge >= 0.3 is 11.7 Å². The molecular weight excluding hydrogens is 284 g/mol. The lowest BCUT2D eigenvalue weighted by Crippen LogP contribution is -2.35. The molecule has 0 aliphatic rings. The Labute approximate surface area is 119 Å². The largest absolute Gasteiger partial charge is 0.480 e. The number of nitrogens with zero attached hydrogens (tertiary/aromatic N) is 3. The van der Waals surface area contributed by atoms with Gasteiger partial charge in [0.05, 0.1) is 15.9 Å². The van der Waals surface area contributed by atoms with Gasteiger partial charge in [0.2, 0.25) is 5.82 Å². The maximum atomic E-state index is 11.2. The number of nitrogens with one attached hydrogen (secondary N) is 1. The summed E-state index contributed by atoms with van der Waals surface area (Å²) in [6.45, 7) is 3.45. The van der Waals surface area contributed by atoms with Crippen LogP contribution >= 0.6 is 0 Å². The van der Waals surface area contributed by atoms with Crippen LogP contribution in [-0.2, 0) is 4.79 Å². The standard InChI is InChI=1S/C11H14N4O6/c1-3-6(2)9(11(16)17)13-10-8(15(20)21)4-7(5-12-10)14(18)19/h4-6,9H,3H2,1-2H3,(H,12,13)(H,16,17)/t6?,9-/m1/s1. The van der Waals surface area contributed by atoms with E-state index in [1.807, 2.05) is 0 Å². The third-order valence-electron chi connectivity index (χ3n) is 3.03. The zero-order valence-corrected chi connectivity index (χ0v) is 11.3. The summed E-state index contributed by atoms with van der Waals surface area (Å²) in [5.41, 5.74) is -1.18. The number of aromatic nitrogens is 1. The number of carboxylic acids is 1. The molecule has 1 rings (SSSR count). The van der Waals surface area contributed by atoms with Crippen LogP contribution in [0, 0.1) is 26.1 Å². The number of carbonyl (C=O) groups is 1. The quantitative estimate of drug-likeness (QED) is 0.571. The predicted molar refractivity (Wildman–Crippen MR) is 72.0 cm³/mol. The van der Waals surface area contributed by atoms with Crippen LogP contribution in [0.1, 0.15) is 20.3 Å². The molecule has 0 saturated carbocycles. The molecule has 10 heteroatoms. The average molecular weight is 298 g/mol. The fourth-order valence-electron chi connectivity index (χ4n) is 1.62. The minimum absolute atomic E-state index is 0.306. The van der Waals surface area contributed by atoms with Crippen LogP contribution in [0.25, 0.3) is 0 Å². The van der Waals surface area contributed by atoms with Gasteiger partial charge in [0.25, 0.3) is 5.69 Å². The Morgan fingerprint density at radius 3 is 2.48 bits per heavy atom. The number of hydrogen-bond acceptors (Lipinski definition) is 7. The first-order valence-corrected chi connectivity index (χ1v) is 6.06. The van der Waals surface area contributed by atoms with Gasteiger partial charge in [-0.15, -0.1) is 0 Å². The highest BCUT2D eigenvalue weighted by molar-refractivity contribution is 5.78. The van der Waals surface area contributed by atoms with E-state index in [0.29, 0.717) is 6.42 Å². The monoisotopic (exact) mass is 298 g/mol. The zero-order chi connectivity index (χ0) is 16.2. The molecule has 1 unspecified atom stereocenters.